The molecule has 1 aliphatic carbocycles. The van der Waals surface area contributed by atoms with Gasteiger partial charge >= 0.3 is 6.03 Å². The summed E-state index contributed by atoms with van der Waals surface area (Å²) in [5, 5.41) is 5.58. The molecule has 2 N–H and O–H groups in total. The van der Waals surface area contributed by atoms with Gasteiger partial charge in [0, 0.05) is 5.69 Å². The maximum atomic E-state index is 13.1. The number of fused-ring (bicyclic) bond motifs is 1. The van der Waals surface area contributed by atoms with Crippen LogP contribution in [0.2, 0.25) is 0 Å². The minimum absolute atomic E-state index is 0.00987. The number of carbonyl (C=O) groups is 3. The van der Waals surface area contributed by atoms with Crippen LogP contribution < -0.4 is 10.6 Å². The first-order chi connectivity index (χ1) is 14.6. The molecule has 1 saturated heterocycles. The highest BCUT2D eigenvalue weighted by molar-refractivity contribution is 6.10. The van der Waals surface area contributed by atoms with Gasteiger partial charge in [-0.25, -0.2) is 4.79 Å². The zero-order valence-electron chi connectivity index (χ0n) is 18.5. The van der Waals surface area contributed by atoms with Crippen LogP contribution in [0.25, 0.3) is 0 Å². The number of aryl methyl sites for hydroxylation is 2. The molecule has 1 aliphatic heterocycles. The Balaban J connectivity index is 1.47. The van der Waals surface area contributed by atoms with E-state index >= 15 is 0 Å². The van der Waals surface area contributed by atoms with E-state index in [0.717, 1.165) is 29.7 Å². The van der Waals surface area contributed by atoms with Crippen molar-refractivity contribution < 1.29 is 14.4 Å². The lowest BCUT2D eigenvalue weighted by Gasteiger charge is -2.24. The number of hydrogen-bond donors (Lipinski definition) is 2. The summed E-state index contributed by atoms with van der Waals surface area (Å²) in [5.74, 6) is -0.820. The van der Waals surface area contributed by atoms with Crippen LogP contribution >= 0.6 is 0 Å². The Morgan fingerprint density at radius 2 is 1.74 bits per heavy atom. The third kappa shape index (κ3) is 3.94. The second kappa shape index (κ2) is 7.52. The Morgan fingerprint density at radius 1 is 1.06 bits per heavy atom. The average Bonchev–Trinajstić information content (AvgIpc) is 3.26. The number of benzene rings is 2. The summed E-state index contributed by atoms with van der Waals surface area (Å²) in [6.07, 6.45) is 3.21. The third-order valence-electron chi connectivity index (χ3n) is 6.29. The molecule has 1 fully saturated rings. The van der Waals surface area contributed by atoms with Gasteiger partial charge in [0.2, 0.25) is 5.91 Å². The Morgan fingerprint density at radius 3 is 2.42 bits per heavy atom. The van der Waals surface area contributed by atoms with E-state index in [1.807, 2.05) is 42.5 Å². The summed E-state index contributed by atoms with van der Waals surface area (Å²) in [5.41, 5.74) is 3.89. The number of nitrogens with zero attached hydrogens (tertiary/aromatic N) is 1. The number of urea groups is 1. The average molecular weight is 420 g/mol. The van der Waals surface area contributed by atoms with E-state index < -0.39 is 23.4 Å². The fourth-order valence-corrected chi connectivity index (χ4v) is 4.33. The molecule has 2 aromatic carbocycles. The molecule has 0 radical (unpaired) electrons. The Bertz CT molecular complexity index is 1050. The highest BCUT2D eigenvalue weighted by Crippen LogP contribution is 2.31. The van der Waals surface area contributed by atoms with Crippen LogP contribution in [-0.2, 0) is 33.4 Å². The molecule has 2 aliphatic rings. The predicted octanol–water partition coefficient (Wildman–Crippen LogP) is 3.88. The second-order valence-corrected chi connectivity index (χ2v) is 9.66. The van der Waals surface area contributed by atoms with Gasteiger partial charge in [0.25, 0.3) is 5.91 Å². The van der Waals surface area contributed by atoms with Crippen molar-refractivity contribution in [2.24, 2.45) is 0 Å². The zero-order valence-corrected chi connectivity index (χ0v) is 18.5. The number of hydrogen-bond acceptors (Lipinski definition) is 3. The smallest absolute Gasteiger partial charge is 0.325 e. The van der Waals surface area contributed by atoms with Gasteiger partial charge < -0.3 is 10.6 Å². The van der Waals surface area contributed by atoms with Gasteiger partial charge in [0.1, 0.15) is 12.1 Å². The van der Waals surface area contributed by atoms with Crippen molar-refractivity contribution in [2.45, 2.75) is 57.9 Å². The standard InChI is InChI=1S/C25H29N3O3/c1-24(2,3)18-9-11-19(12-10-18)25(4)22(30)28(23(31)27-25)15-21(29)26-20-13-8-16-6-5-7-17(16)14-20/h8-14H,5-7,15H2,1-4H3,(H,26,29)(H,27,31)/t25-/m1/s1. The van der Waals surface area contributed by atoms with Crippen LogP contribution in [0.3, 0.4) is 0 Å². The molecule has 31 heavy (non-hydrogen) atoms. The predicted molar refractivity (Wildman–Crippen MR) is 120 cm³/mol. The van der Waals surface area contributed by atoms with E-state index in [2.05, 4.69) is 31.4 Å². The van der Waals surface area contributed by atoms with Gasteiger partial charge in [-0.3, -0.25) is 14.5 Å². The molecule has 0 spiro atoms. The fraction of sp³-hybridized carbons (Fsp3) is 0.400. The van der Waals surface area contributed by atoms with Crippen molar-refractivity contribution in [3.8, 4) is 0 Å². The quantitative estimate of drug-likeness (QED) is 0.739. The molecule has 6 nitrogen and oxygen atoms in total. The molecule has 6 heteroatoms. The number of imide groups is 1. The fourth-order valence-electron chi connectivity index (χ4n) is 4.33. The molecule has 2 aromatic rings. The van der Waals surface area contributed by atoms with Crippen molar-refractivity contribution in [3.05, 3.63) is 64.7 Å². The number of amides is 4. The Hall–Kier alpha value is -3.15. The van der Waals surface area contributed by atoms with Crippen molar-refractivity contribution >= 4 is 23.5 Å². The van der Waals surface area contributed by atoms with Crippen LogP contribution in [0.4, 0.5) is 10.5 Å². The molecule has 162 valence electrons. The Kier molecular flexibility index (Phi) is 5.12. The van der Waals surface area contributed by atoms with Gasteiger partial charge in [-0.05, 0) is 66.0 Å². The molecule has 0 bridgehead atoms. The highest BCUT2D eigenvalue weighted by Gasteiger charge is 2.49. The van der Waals surface area contributed by atoms with E-state index in [4.69, 9.17) is 0 Å². The number of carbonyl (C=O) groups excluding carboxylic acids is 3. The van der Waals surface area contributed by atoms with E-state index in [1.54, 1.807) is 6.92 Å². The number of anilines is 1. The largest absolute Gasteiger partial charge is 0.325 e. The van der Waals surface area contributed by atoms with E-state index in [0.29, 0.717) is 11.3 Å². The maximum Gasteiger partial charge on any atom is 0.325 e. The first-order valence-corrected chi connectivity index (χ1v) is 10.7. The van der Waals surface area contributed by atoms with Gasteiger partial charge in [-0.15, -0.1) is 0 Å². The minimum atomic E-state index is -1.19. The second-order valence-electron chi connectivity index (χ2n) is 9.66. The first kappa shape index (κ1) is 21.1. The van der Waals surface area contributed by atoms with Gasteiger partial charge in [0.05, 0.1) is 0 Å². The minimum Gasteiger partial charge on any atom is -0.325 e. The Labute approximate surface area is 183 Å². The van der Waals surface area contributed by atoms with Crippen LogP contribution in [-0.4, -0.2) is 29.3 Å². The summed E-state index contributed by atoms with van der Waals surface area (Å²) in [6, 6.07) is 13.0. The van der Waals surface area contributed by atoms with Crippen LogP contribution in [0.15, 0.2) is 42.5 Å². The summed E-state index contributed by atoms with van der Waals surface area (Å²) in [4.78, 5) is 39.2. The van der Waals surface area contributed by atoms with Crippen molar-refractivity contribution in [3.63, 3.8) is 0 Å². The molecule has 0 saturated carbocycles. The monoisotopic (exact) mass is 419 g/mol. The third-order valence-corrected chi connectivity index (χ3v) is 6.29. The molecule has 4 rings (SSSR count). The SMILES string of the molecule is CC(C)(C)c1ccc([C@@]2(C)NC(=O)N(CC(=O)Nc3ccc4c(c3)CCC4)C2=O)cc1. The van der Waals surface area contributed by atoms with Crippen molar-refractivity contribution in [1.29, 1.82) is 0 Å². The highest BCUT2D eigenvalue weighted by atomic mass is 16.2. The molecule has 1 heterocycles. The normalized spacial score (nSPS) is 20.6. The molecule has 1 atom stereocenters. The molecular weight excluding hydrogens is 390 g/mol. The lowest BCUT2D eigenvalue weighted by molar-refractivity contribution is -0.133. The summed E-state index contributed by atoms with van der Waals surface area (Å²) >= 11 is 0. The van der Waals surface area contributed by atoms with Gasteiger partial charge in [0.15, 0.2) is 0 Å². The molecule has 0 unspecified atom stereocenters. The van der Waals surface area contributed by atoms with Gasteiger partial charge in [-0.2, -0.15) is 0 Å². The maximum absolute atomic E-state index is 13.1. The van der Waals surface area contributed by atoms with E-state index in [1.165, 1.54) is 11.1 Å². The summed E-state index contributed by atoms with van der Waals surface area (Å²) in [6.45, 7) is 7.71. The van der Waals surface area contributed by atoms with Gasteiger partial charge in [-0.1, -0.05) is 51.1 Å². The lowest BCUT2D eigenvalue weighted by Crippen LogP contribution is -2.42. The topological polar surface area (TPSA) is 78.5 Å². The molecule has 0 aromatic heterocycles. The number of nitrogens with one attached hydrogen (secondary N) is 2. The molecule has 4 amide bonds. The van der Waals surface area contributed by atoms with Crippen LogP contribution in [0, 0.1) is 0 Å². The summed E-state index contributed by atoms with van der Waals surface area (Å²) in [7, 11) is 0. The van der Waals surface area contributed by atoms with Crippen LogP contribution in [0.1, 0.15) is 56.4 Å². The van der Waals surface area contributed by atoms with Crippen molar-refractivity contribution in [2.75, 3.05) is 11.9 Å². The van der Waals surface area contributed by atoms with Crippen LogP contribution in [0.5, 0.6) is 0 Å². The van der Waals surface area contributed by atoms with E-state index in [-0.39, 0.29) is 12.0 Å². The first-order valence-electron chi connectivity index (χ1n) is 10.7. The number of rotatable bonds is 4. The summed E-state index contributed by atoms with van der Waals surface area (Å²) < 4.78 is 0. The molecular formula is C25H29N3O3. The van der Waals surface area contributed by atoms with E-state index in [9.17, 15) is 14.4 Å². The van der Waals surface area contributed by atoms with Crippen molar-refractivity contribution in [1.82, 2.24) is 10.2 Å². The lowest BCUT2D eigenvalue weighted by atomic mass is 9.84. The zero-order chi connectivity index (χ0) is 22.4.